The lowest BCUT2D eigenvalue weighted by Crippen LogP contribution is -2.40. The molecule has 0 spiro atoms. The van der Waals surface area contributed by atoms with Crippen molar-refractivity contribution in [2.45, 2.75) is 64.4 Å². The Balaban J connectivity index is 1.14. The Morgan fingerprint density at radius 3 is 2.52 bits per heavy atom. The van der Waals surface area contributed by atoms with Gasteiger partial charge in [-0.15, -0.1) is 0 Å². The number of aliphatic hydroxyl groups excluding tert-OH is 1. The zero-order chi connectivity index (χ0) is 29.6. The fourth-order valence-corrected chi connectivity index (χ4v) is 6.10. The van der Waals surface area contributed by atoms with Crippen LogP contribution in [0.4, 0.5) is 13.2 Å². The van der Waals surface area contributed by atoms with Crippen LogP contribution in [0.3, 0.4) is 0 Å². The number of fused-ring (bicyclic) bond motifs is 2. The van der Waals surface area contributed by atoms with Crippen molar-refractivity contribution in [2.75, 3.05) is 26.2 Å². The van der Waals surface area contributed by atoms with Gasteiger partial charge in [-0.05, 0) is 62.7 Å². The van der Waals surface area contributed by atoms with Gasteiger partial charge in [-0.2, -0.15) is 18.3 Å². The van der Waals surface area contributed by atoms with Crippen molar-refractivity contribution in [3.63, 3.8) is 0 Å². The van der Waals surface area contributed by atoms with Crippen molar-refractivity contribution in [1.82, 2.24) is 24.6 Å². The average molecular weight is 582 g/mol. The Kier molecular flexibility index (Phi) is 7.57. The minimum atomic E-state index is -4.43. The number of piperidine rings is 1. The first-order chi connectivity index (χ1) is 20.0. The van der Waals surface area contributed by atoms with Crippen LogP contribution >= 0.6 is 0 Å². The zero-order valence-electron chi connectivity index (χ0n) is 23.7. The molecule has 11 heteroatoms. The molecule has 0 bridgehead atoms. The van der Waals surface area contributed by atoms with Gasteiger partial charge in [0.05, 0.1) is 23.9 Å². The maximum absolute atomic E-state index is 13.1. The number of carbonyl (C=O) groups is 1. The molecule has 4 heterocycles. The van der Waals surface area contributed by atoms with Crippen LogP contribution in [-0.4, -0.2) is 67.9 Å². The van der Waals surface area contributed by atoms with Crippen molar-refractivity contribution in [1.29, 1.82) is 0 Å². The Morgan fingerprint density at radius 1 is 1.10 bits per heavy atom. The topological polar surface area (TPSA) is 87.6 Å². The maximum atomic E-state index is 13.1. The number of alkyl halides is 3. The van der Waals surface area contributed by atoms with Crippen LogP contribution in [-0.2, 0) is 30.5 Å². The van der Waals surface area contributed by atoms with E-state index < -0.39 is 17.8 Å². The quantitative estimate of drug-likeness (QED) is 0.339. The largest absolute Gasteiger partial charge is 0.440 e. The fraction of sp³-hybridized carbons (Fsp3) is 0.452. The number of amides is 1. The van der Waals surface area contributed by atoms with E-state index in [0.29, 0.717) is 37.3 Å². The molecular weight excluding hydrogens is 547 g/mol. The molecule has 42 heavy (non-hydrogen) atoms. The summed E-state index contributed by atoms with van der Waals surface area (Å²) in [5, 5.41) is 15.8. The summed E-state index contributed by atoms with van der Waals surface area (Å²) >= 11 is 0. The lowest BCUT2D eigenvalue weighted by atomic mass is 9.96. The average Bonchev–Trinajstić information content (AvgIpc) is 3.54. The molecule has 2 aromatic heterocycles. The highest BCUT2D eigenvalue weighted by atomic mass is 19.4. The number of β-amino-alcohol motifs (C(OH)–C–C–N with tert-alkyl or cyclic N) is 1. The van der Waals surface area contributed by atoms with E-state index >= 15 is 0 Å². The van der Waals surface area contributed by atoms with Crippen molar-refractivity contribution >= 4 is 17.0 Å². The number of aryl methyl sites for hydroxylation is 1. The number of aromatic nitrogens is 3. The number of oxazole rings is 1. The summed E-state index contributed by atoms with van der Waals surface area (Å²) in [6.45, 7) is 6.74. The first-order valence-electron chi connectivity index (χ1n) is 14.3. The number of likely N-dealkylation sites (tertiary alicyclic amines) is 1. The molecule has 2 aliphatic heterocycles. The Bertz CT molecular complexity index is 1590. The van der Waals surface area contributed by atoms with Gasteiger partial charge >= 0.3 is 6.18 Å². The van der Waals surface area contributed by atoms with E-state index in [4.69, 9.17) is 14.5 Å². The van der Waals surface area contributed by atoms with Crippen LogP contribution in [0.25, 0.3) is 22.4 Å². The van der Waals surface area contributed by atoms with E-state index in [1.807, 2.05) is 25.1 Å². The third-order valence-electron chi connectivity index (χ3n) is 8.41. The molecule has 4 aromatic rings. The number of aliphatic hydroxyl groups is 1. The lowest BCUT2D eigenvalue weighted by molar-refractivity contribution is -0.137. The molecule has 1 amide bonds. The third-order valence-corrected chi connectivity index (χ3v) is 8.41. The molecule has 1 saturated heterocycles. The molecule has 0 radical (unpaired) electrons. The number of benzene rings is 2. The van der Waals surface area contributed by atoms with E-state index in [0.717, 1.165) is 71.9 Å². The third kappa shape index (κ3) is 5.80. The van der Waals surface area contributed by atoms with Gasteiger partial charge in [-0.3, -0.25) is 9.48 Å². The highest BCUT2D eigenvalue weighted by Gasteiger charge is 2.32. The fourth-order valence-electron chi connectivity index (χ4n) is 6.10. The number of nitrogens with zero attached hydrogens (tertiary/aromatic N) is 5. The first-order valence-corrected chi connectivity index (χ1v) is 14.3. The summed E-state index contributed by atoms with van der Waals surface area (Å²) < 4.78 is 47.2. The first kappa shape index (κ1) is 28.4. The minimum Gasteiger partial charge on any atom is -0.440 e. The minimum absolute atomic E-state index is 0.0665. The molecule has 1 N–H and O–H groups in total. The Labute approximate surface area is 241 Å². The number of hydrogen-bond donors (Lipinski definition) is 1. The van der Waals surface area contributed by atoms with Crippen LogP contribution < -0.4 is 0 Å². The summed E-state index contributed by atoms with van der Waals surface area (Å²) in [6.07, 6.45) is -2.79. The van der Waals surface area contributed by atoms with E-state index in [2.05, 4.69) is 4.90 Å². The molecule has 222 valence electrons. The van der Waals surface area contributed by atoms with Gasteiger partial charge in [0.1, 0.15) is 5.52 Å². The Morgan fingerprint density at radius 2 is 1.83 bits per heavy atom. The number of hydrogen-bond acceptors (Lipinski definition) is 6. The number of carbonyl (C=O) groups excluding carboxylic acids is 1. The number of halogens is 3. The molecular formula is C31H34F3N5O3. The zero-order valence-corrected chi connectivity index (χ0v) is 23.7. The van der Waals surface area contributed by atoms with Crippen molar-refractivity contribution in [3.05, 3.63) is 70.7 Å². The van der Waals surface area contributed by atoms with Crippen molar-refractivity contribution in [2.24, 2.45) is 0 Å². The van der Waals surface area contributed by atoms with Crippen LogP contribution in [0.1, 0.15) is 54.0 Å². The Hall–Kier alpha value is -3.70. The van der Waals surface area contributed by atoms with Crippen LogP contribution in [0.15, 0.2) is 46.9 Å². The van der Waals surface area contributed by atoms with Gasteiger partial charge < -0.3 is 19.3 Å². The second-order valence-electron chi connectivity index (χ2n) is 11.5. The molecule has 8 nitrogen and oxygen atoms in total. The molecule has 1 atom stereocenters. The standard InChI is InChI=1S/C31H34F3N5O3/c1-19-3-8-26-28(15-19)42-30(35-26)22-9-12-37(13-10-22)16-24(41)17-39-27-11-14-38(20(2)40)18-25(27)29(36-39)21-4-6-23(7-5-21)31(32,33)34/h3-8,15,22,24,41H,9-14,16-18H2,1-2H3. The van der Waals surface area contributed by atoms with Gasteiger partial charge in [0, 0.05) is 55.7 Å². The predicted octanol–water partition coefficient (Wildman–Crippen LogP) is 5.16. The molecule has 2 aromatic carbocycles. The predicted molar refractivity (Wildman–Crippen MR) is 151 cm³/mol. The molecule has 0 saturated carbocycles. The second kappa shape index (κ2) is 11.2. The van der Waals surface area contributed by atoms with Gasteiger partial charge in [0.2, 0.25) is 5.91 Å². The van der Waals surface area contributed by atoms with E-state index in [1.54, 1.807) is 9.58 Å². The summed E-state index contributed by atoms with van der Waals surface area (Å²) in [7, 11) is 0. The van der Waals surface area contributed by atoms with E-state index in [9.17, 15) is 23.1 Å². The SMILES string of the molecule is CC(=O)N1CCc2c(c(-c3ccc(C(F)(F)F)cc3)nn2CC(O)CN2CCC(c3nc4ccc(C)cc4o3)CC2)C1. The van der Waals surface area contributed by atoms with Gasteiger partial charge in [0.15, 0.2) is 11.5 Å². The highest BCUT2D eigenvalue weighted by Crippen LogP contribution is 2.34. The van der Waals surface area contributed by atoms with Gasteiger partial charge in [-0.1, -0.05) is 18.2 Å². The van der Waals surface area contributed by atoms with Crippen LogP contribution in [0.2, 0.25) is 0 Å². The monoisotopic (exact) mass is 581 g/mol. The van der Waals surface area contributed by atoms with E-state index in [1.165, 1.54) is 19.1 Å². The van der Waals surface area contributed by atoms with Crippen molar-refractivity contribution in [3.8, 4) is 11.3 Å². The molecule has 2 aliphatic rings. The summed E-state index contributed by atoms with van der Waals surface area (Å²) in [5.74, 6) is 0.942. The van der Waals surface area contributed by atoms with Gasteiger partial charge in [0.25, 0.3) is 0 Å². The molecule has 6 rings (SSSR count). The lowest BCUT2D eigenvalue weighted by Gasteiger charge is -2.32. The van der Waals surface area contributed by atoms with E-state index in [-0.39, 0.29) is 18.4 Å². The molecule has 0 aliphatic carbocycles. The van der Waals surface area contributed by atoms with Crippen molar-refractivity contribution < 1.29 is 27.5 Å². The maximum Gasteiger partial charge on any atom is 0.416 e. The normalized spacial score (nSPS) is 17.5. The van der Waals surface area contributed by atoms with Gasteiger partial charge in [-0.25, -0.2) is 4.98 Å². The molecule has 1 fully saturated rings. The summed E-state index contributed by atoms with van der Waals surface area (Å²) in [5.41, 5.74) is 4.92. The van der Waals surface area contributed by atoms with Crippen LogP contribution in [0.5, 0.6) is 0 Å². The smallest absolute Gasteiger partial charge is 0.416 e. The molecule has 1 unspecified atom stereocenters. The highest BCUT2D eigenvalue weighted by molar-refractivity contribution is 5.75. The second-order valence-corrected chi connectivity index (χ2v) is 11.5. The number of rotatable bonds is 6. The summed E-state index contributed by atoms with van der Waals surface area (Å²) in [4.78, 5) is 20.7. The van der Waals surface area contributed by atoms with Crippen LogP contribution in [0, 0.1) is 6.92 Å². The summed E-state index contributed by atoms with van der Waals surface area (Å²) in [6, 6.07) is 11.0.